The van der Waals surface area contributed by atoms with Crippen LogP contribution in [0.2, 0.25) is 0 Å². The van der Waals surface area contributed by atoms with Crippen LogP contribution < -0.4 is 9.47 Å². The van der Waals surface area contributed by atoms with Gasteiger partial charge in [-0.15, -0.1) is 0 Å². The van der Waals surface area contributed by atoms with E-state index in [2.05, 4.69) is 0 Å². The summed E-state index contributed by atoms with van der Waals surface area (Å²) < 4.78 is 10.5. The van der Waals surface area contributed by atoms with Crippen LogP contribution in [0.5, 0.6) is 11.5 Å². The Morgan fingerprint density at radius 2 is 2.10 bits per heavy atom. The Balaban J connectivity index is 2.26. The topological polar surface area (TPSA) is 55.8 Å². The van der Waals surface area contributed by atoms with Crippen LogP contribution in [-0.4, -0.2) is 43.9 Å². The lowest BCUT2D eigenvalue weighted by Gasteiger charge is -2.31. The van der Waals surface area contributed by atoms with E-state index in [1.54, 1.807) is 30.2 Å². The zero-order chi connectivity index (χ0) is 15.4. The minimum Gasteiger partial charge on any atom is -0.493 e. The monoisotopic (exact) mass is 291 g/mol. The molecule has 5 nitrogen and oxygen atoms in total. The Bertz CT molecular complexity index is 541. The Kier molecular flexibility index (Phi) is 4.83. The van der Waals surface area contributed by atoms with Gasteiger partial charge in [-0.05, 0) is 18.6 Å². The molecule has 5 heteroatoms. The van der Waals surface area contributed by atoms with Gasteiger partial charge in [0.2, 0.25) is 0 Å². The van der Waals surface area contributed by atoms with Crippen LogP contribution in [0.15, 0.2) is 18.2 Å². The third kappa shape index (κ3) is 3.01. The summed E-state index contributed by atoms with van der Waals surface area (Å²) in [5.74, 6) is 1.05. The fraction of sp³-hybridized carbons (Fsp3) is 0.500. The predicted molar refractivity (Wildman–Crippen MR) is 78.9 cm³/mol. The van der Waals surface area contributed by atoms with E-state index in [1.165, 1.54) is 7.11 Å². The molecule has 1 atom stereocenters. The lowest BCUT2D eigenvalue weighted by molar-refractivity contribution is -0.125. The summed E-state index contributed by atoms with van der Waals surface area (Å²) in [6, 6.07) is 5.24. The third-order valence-electron chi connectivity index (χ3n) is 3.94. The minimum absolute atomic E-state index is 0.0562. The number of piperidine rings is 1. The van der Waals surface area contributed by atoms with Crippen molar-refractivity contribution in [2.45, 2.75) is 19.8 Å². The highest BCUT2D eigenvalue weighted by Gasteiger charge is 2.30. The molecule has 0 bridgehead atoms. The standard InChI is InChI=1S/C16H21NO4/c1-4-11-10-17(9-8-13(11)18)16(19)12-6-5-7-14(20-2)15(12)21-3/h5-7,11H,4,8-10H2,1-3H3. The van der Waals surface area contributed by atoms with E-state index in [4.69, 9.17) is 9.47 Å². The molecular weight excluding hydrogens is 270 g/mol. The van der Waals surface area contributed by atoms with Gasteiger partial charge in [0.15, 0.2) is 11.5 Å². The molecule has 1 aromatic carbocycles. The molecule has 0 aromatic heterocycles. The first-order valence-corrected chi connectivity index (χ1v) is 7.15. The van der Waals surface area contributed by atoms with Gasteiger partial charge in [0, 0.05) is 25.4 Å². The van der Waals surface area contributed by atoms with Gasteiger partial charge in [0.1, 0.15) is 5.78 Å². The van der Waals surface area contributed by atoms with Crippen molar-refractivity contribution in [2.24, 2.45) is 5.92 Å². The van der Waals surface area contributed by atoms with Crippen LogP contribution in [0.3, 0.4) is 0 Å². The smallest absolute Gasteiger partial charge is 0.257 e. The van der Waals surface area contributed by atoms with Crippen LogP contribution in [0.1, 0.15) is 30.1 Å². The summed E-state index contributed by atoms with van der Waals surface area (Å²) in [5, 5.41) is 0. The van der Waals surface area contributed by atoms with E-state index in [1.807, 2.05) is 6.92 Å². The fourth-order valence-corrected chi connectivity index (χ4v) is 2.68. The van der Waals surface area contributed by atoms with Crippen molar-refractivity contribution in [3.8, 4) is 11.5 Å². The lowest BCUT2D eigenvalue weighted by atomic mass is 9.93. The molecule has 1 aliphatic rings. The number of para-hydroxylation sites is 1. The average molecular weight is 291 g/mol. The Morgan fingerprint density at radius 1 is 1.33 bits per heavy atom. The number of amides is 1. The van der Waals surface area contributed by atoms with E-state index in [0.29, 0.717) is 36.6 Å². The number of nitrogens with zero attached hydrogens (tertiary/aromatic N) is 1. The van der Waals surface area contributed by atoms with Crippen molar-refractivity contribution in [1.82, 2.24) is 4.90 Å². The van der Waals surface area contributed by atoms with Crippen LogP contribution in [0.25, 0.3) is 0 Å². The van der Waals surface area contributed by atoms with Gasteiger partial charge < -0.3 is 14.4 Å². The van der Waals surface area contributed by atoms with Gasteiger partial charge in [-0.1, -0.05) is 13.0 Å². The first-order valence-electron chi connectivity index (χ1n) is 7.15. The summed E-state index contributed by atoms with van der Waals surface area (Å²) in [7, 11) is 3.06. The second-order valence-corrected chi connectivity index (χ2v) is 5.11. The van der Waals surface area contributed by atoms with Crippen LogP contribution in [-0.2, 0) is 4.79 Å². The van der Waals surface area contributed by atoms with Crippen molar-refractivity contribution in [1.29, 1.82) is 0 Å². The van der Waals surface area contributed by atoms with Gasteiger partial charge in [-0.3, -0.25) is 9.59 Å². The number of benzene rings is 1. The highest BCUT2D eigenvalue weighted by molar-refractivity contribution is 5.99. The second-order valence-electron chi connectivity index (χ2n) is 5.11. The molecule has 1 aliphatic heterocycles. The number of ketones is 1. The maximum atomic E-state index is 12.7. The first kappa shape index (κ1) is 15.4. The molecule has 0 spiro atoms. The minimum atomic E-state index is -0.114. The van der Waals surface area contributed by atoms with E-state index in [0.717, 1.165) is 6.42 Å². The number of ether oxygens (including phenoxy) is 2. The van der Waals surface area contributed by atoms with Crippen molar-refractivity contribution in [3.05, 3.63) is 23.8 Å². The molecule has 2 rings (SSSR count). The van der Waals surface area contributed by atoms with E-state index in [-0.39, 0.29) is 17.6 Å². The van der Waals surface area contributed by atoms with Crippen LogP contribution in [0, 0.1) is 5.92 Å². The largest absolute Gasteiger partial charge is 0.493 e. The van der Waals surface area contributed by atoms with Crippen molar-refractivity contribution >= 4 is 11.7 Å². The molecule has 0 radical (unpaired) electrons. The zero-order valence-electron chi connectivity index (χ0n) is 12.7. The molecule has 0 saturated carbocycles. The van der Waals surface area contributed by atoms with Gasteiger partial charge in [-0.25, -0.2) is 0 Å². The number of rotatable bonds is 4. The normalized spacial score (nSPS) is 18.5. The summed E-state index contributed by atoms with van der Waals surface area (Å²) >= 11 is 0. The molecule has 114 valence electrons. The van der Waals surface area contributed by atoms with E-state index in [9.17, 15) is 9.59 Å². The molecule has 1 amide bonds. The van der Waals surface area contributed by atoms with Gasteiger partial charge in [0.05, 0.1) is 19.8 Å². The fourth-order valence-electron chi connectivity index (χ4n) is 2.68. The number of hydrogen-bond donors (Lipinski definition) is 0. The average Bonchev–Trinajstić information content (AvgIpc) is 2.53. The summed E-state index contributed by atoms with van der Waals surface area (Å²) in [6.07, 6.45) is 1.19. The summed E-state index contributed by atoms with van der Waals surface area (Å²) in [4.78, 5) is 26.2. The van der Waals surface area contributed by atoms with Crippen LogP contribution >= 0.6 is 0 Å². The maximum absolute atomic E-state index is 12.7. The lowest BCUT2D eigenvalue weighted by Crippen LogP contribution is -2.44. The summed E-state index contributed by atoms with van der Waals surface area (Å²) in [5.41, 5.74) is 0.473. The highest BCUT2D eigenvalue weighted by Crippen LogP contribution is 2.32. The maximum Gasteiger partial charge on any atom is 0.257 e. The molecule has 21 heavy (non-hydrogen) atoms. The quantitative estimate of drug-likeness (QED) is 0.853. The zero-order valence-corrected chi connectivity index (χ0v) is 12.7. The number of methoxy groups -OCH3 is 2. The van der Waals surface area contributed by atoms with Gasteiger partial charge in [-0.2, -0.15) is 0 Å². The molecular formula is C16H21NO4. The molecule has 1 fully saturated rings. The highest BCUT2D eigenvalue weighted by atomic mass is 16.5. The molecule has 0 N–H and O–H groups in total. The van der Waals surface area contributed by atoms with Crippen molar-refractivity contribution in [2.75, 3.05) is 27.3 Å². The third-order valence-corrected chi connectivity index (χ3v) is 3.94. The summed E-state index contributed by atoms with van der Waals surface area (Å²) in [6.45, 7) is 2.92. The molecule has 1 unspecified atom stereocenters. The van der Waals surface area contributed by atoms with Gasteiger partial charge >= 0.3 is 0 Å². The Labute approximate surface area is 124 Å². The molecule has 1 heterocycles. The number of likely N-dealkylation sites (tertiary alicyclic amines) is 1. The molecule has 1 saturated heterocycles. The van der Waals surface area contributed by atoms with Crippen LogP contribution in [0.4, 0.5) is 0 Å². The number of carbonyl (C=O) groups excluding carboxylic acids is 2. The SMILES string of the molecule is CCC1CN(C(=O)c2cccc(OC)c2OC)CCC1=O. The van der Waals surface area contributed by atoms with Crippen molar-refractivity contribution in [3.63, 3.8) is 0 Å². The van der Waals surface area contributed by atoms with E-state index >= 15 is 0 Å². The van der Waals surface area contributed by atoms with Gasteiger partial charge in [0.25, 0.3) is 5.91 Å². The van der Waals surface area contributed by atoms with E-state index < -0.39 is 0 Å². The predicted octanol–water partition coefficient (Wildman–Crippen LogP) is 2.14. The van der Waals surface area contributed by atoms with Crippen molar-refractivity contribution < 1.29 is 19.1 Å². The first-order chi connectivity index (χ1) is 10.1. The second kappa shape index (κ2) is 6.61. The number of hydrogen-bond acceptors (Lipinski definition) is 4. The molecule has 1 aromatic rings. The Morgan fingerprint density at radius 3 is 2.71 bits per heavy atom. The number of carbonyl (C=O) groups is 2. The number of Topliss-reactive ketones (excluding diaryl/α,β-unsaturated/α-hetero) is 1. The molecule has 0 aliphatic carbocycles. The Hall–Kier alpha value is -2.04.